The van der Waals surface area contributed by atoms with Crippen molar-refractivity contribution in [1.29, 1.82) is 5.26 Å². The van der Waals surface area contributed by atoms with Crippen LogP contribution in [-0.4, -0.2) is 18.8 Å². The van der Waals surface area contributed by atoms with E-state index < -0.39 is 0 Å². The summed E-state index contributed by atoms with van der Waals surface area (Å²) in [5.74, 6) is 2.81. The van der Waals surface area contributed by atoms with Crippen LogP contribution in [0.5, 0.6) is 17.2 Å². The Hall–Kier alpha value is -3.43. The lowest BCUT2D eigenvalue weighted by Crippen LogP contribution is -2.13. The van der Waals surface area contributed by atoms with Crippen molar-refractivity contribution in [2.75, 3.05) is 18.2 Å². The lowest BCUT2D eigenvalue weighted by molar-refractivity contribution is -0.115. The fourth-order valence-corrected chi connectivity index (χ4v) is 3.57. The van der Waals surface area contributed by atoms with E-state index in [9.17, 15) is 4.79 Å². The topological polar surface area (TPSA) is 71.3 Å². The first kappa shape index (κ1) is 21.3. The normalized spacial score (nSPS) is 10.2. The summed E-state index contributed by atoms with van der Waals surface area (Å²) in [6.45, 7) is 1.92. The highest BCUT2D eigenvalue weighted by Crippen LogP contribution is 2.27. The van der Waals surface area contributed by atoms with E-state index in [1.54, 1.807) is 43.1 Å². The molecule has 0 aliphatic heterocycles. The summed E-state index contributed by atoms with van der Waals surface area (Å²) in [7, 11) is 1.64. The highest BCUT2D eigenvalue weighted by molar-refractivity contribution is 7.99. The van der Waals surface area contributed by atoms with Crippen LogP contribution in [0.1, 0.15) is 17.5 Å². The van der Waals surface area contributed by atoms with Gasteiger partial charge in [0.05, 0.1) is 18.7 Å². The Morgan fingerprint density at radius 2 is 1.67 bits per heavy atom. The fraction of sp³-hybridized carbons (Fsp3) is 0.167. The highest BCUT2D eigenvalue weighted by atomic mass is 32.2. The maximum Gasteiger partial charge on any atom is 0.225 e. The van der Waals surface area contributed by atoms with Gasteiger partial charge in [0.25, 0.3) is 0 Å². The summed E-state index contributed by atoms with van der Waals surface area (Å²) in [5, 5.41) is 11.8. The Kier molecular flexibility index (Phi) is 7.36. The summed E-state index contributed by atoms with van der Waals surface area (Å²) < 4.78 is 11.0. The minimum Gasteiger partial charge on any atom is -0.497 e. The Bertz CT molecular complexity index is 1040. The van der Waals surface area contributed by atoms with Crippen LogP contribution >= 0.6 is 11.8 Å². The highest BCUT2D eigenvalue weighted by Gasteiger charge is 2.07. The lowest BCUT2D eigenvalue weighted by atomic mass is 10.2. The van der Waals surface area contributed by atoms with Crippen molar-refractivity contribution < 1.29 is 14.3 Å². The molecule has 0 fully saturated rings. The number of carbonyl (C=O) groups excluding carboxylic acids is 1. The molecular formula is C24H22N2O3S. The number of ether oxygens (including phenoxy) is 2. The van der Waals surface area contributed by atoms with Gasteiger partial charge in [-0.25, -0.2) is 0 Å². The Morgan fingerprint density at radius 1 is 1.00 bits per heavy atom. The molecule has 30 heavy (non-hydrogen) atoms. The van der Waals surface area contributed by atoms with Gasteiger partial charge >= 0.3 is 0 Å². The van der Waals surface area contributed by atoms with Crippen LogP contribution in [0.15, 0.2) is 71.6 Å². The summed E-state index contributed by atoms with van der Waals surface area (Å²) >= 11 is 1.63. The zero-order valence-electron chi connectivity index (χ0n) is 16.8. The van der Waals surface area contributed by atoms with Gasteiger partial charge in [-0.2, -0.15) is 5.26 Å². The fourth-order valence-electron chi connectivity index (χ4n) is 2.72. The quantitative estimate of drug-likeness (QED) is 0.469. The zero-order valence-corrected chi connectivity index (χ0v) is 17.7. The van der Waals surface area contributed by atoms with E-state index in [4.69, 9.17) is 14.7 Å². The summed E-state index contributed by atoms with van der Waals surface area (Å²) in [4.78, 5) is 13.4. The van der Waals surface area contributed by atoms with Crippen molar-refractivity contribution in [2.24, 2.45) is 0 Å². The molecule has 0 bridgehead atoms. The molecule has 3 aromatic carbocycles. The Balaban J connectivity index is 1.50. The van der Waals surface area contributed by atoms with Crippen molar-refractivity contribution >= 4 is 23.4 Å². The summed E-state index contributed by atoms with van der Waals surface area (Å²) in [5.41, 5.74) is 2.26. The van der Waals surface area contributed by atoms with E-state index in [0.717, 1.165) is 21.9 Å². The first-order valence-corrected chi connectivity index (χ1v) is 10.4. The second-order valence-electron chi connectivity index (χ2n) is 6.54. The van der Waals surface area contributed by atoms with Crippen molar-refractivity contribution in [3.63, 3.8) is 0 Å². The molecule has 0 aromatic heterocycles. The standard InChI is InChI=1S/C24H22N2O3S/c1-17-15-21(29-20-5-3-18(16-25)4-6-20)9-12-23(17)26-24(27)13-14-30-22-10-7-19(28-2)8-11-22/h3-12,15H,13-14H2,1-2H3,(H,26,27). The molecule has 1 N–H and O–H groups in total. The van der Waals surface area contributed by atoms with E-state index in [1.807, 2.05) is 49.4 Å². The van der Waals surface area contributed by atoms with Gasteiger partial charge in [-0.1, -0.05) is 0 Å². The number of anilines is 1. The number of carbonyl (C=O) groups is 1. The average molecular weight is 419 g/mol. The molecule has 0 heterocycles. The molecule has 0 atom stereocenters. The maximum absolute atomic E-state index is 12.3. The first-order valence-electron chi connectivity index (χ1n) is 9.43. The third-order valence-electron chi connectivity index (χ3n) is 4.35. The van der Waals surface area contributed by atoms with E-state index in [0.29, 0.717) is 29.2 Å². The zero-order chi connectivity index (χ0) is 21.3. The molecule has 0 aliphatic rings. The second kappa shape index (κ2) is 10.4. The number of amides is 1. The van der Waals surface area contributed by atoms with Crippen molar-refractivity contribution in [3.8, 4) is 23.3 Å². The number of rotatable bonds is 8. The van der Waals surface area contributed by atoms with E-state index in [1.165, 1.54) is 0 Å². The smallest absolute Gasteiger partial charge is 0.225 e. The number of hydrogen-bond acceptors (Lipinski definition) is 5. The predicted octanol–water partition coefficient (Wildman–Crippen LogP) is 5.79. The van der Waals surface area contributed by atoms with Gasteiger partial charge in [0, 0.05) is 22.8 Å². The Labute approximate surface area is 180 Å². The van der Waals surface area contributed by atoms with Gasteiger partial charge in [0.1, 0.15) is 17.2 Å². The van der Waals surface area contributed by atoms with Gasteiger partial charge in [-0.05, 0) is 79.2 Å². The first-order chi connectivity index (χ1) is 14.6. The number of methoxy groups -OCH3 is 1. The molecule has 3 rings (SSSR count). The Morgan fingerprint density at radius 3 is 2.30 bits per heavy atom. The van der Waals surface area contributed by atoms with Gasteiger partial charge in [-0.15, -0.1) is 11.8 Å². The van der Waals surface area contributed by atoms with Crippen molar-refractivity contribution in [2.45, 2.75) is 18.2 Å². The van der Waals surface area contributed by atoms with Crippen molar-refractivity contribution in [3.05, 3.63) is 77.9 Å². The molecular weight excluding hydrogens is 396 g/mol. The number of nitrogens with one attached hydrogen (secondary N) is 1. The van der Waals surface area contributed by atoms with Crippen LogP contribution < -0.4 is 14.8 Å². The molecule has 0 spiro atoms. The molecule has 0 saturated carbocycles. The van der Waals surface area contributed by atoms with Gasteiger partial charge in [-0.3, -0.25) is 4.79 Å². The summed E-state index contributed by atoms with van der Waals surface area (Å²) in [6, 6.07) is 22.3. The van der Waals surface area contributed by atoms with Crippen LogP contribution in [-0.2, 0) is 4.79 Å². The number of hydrogen-bond donors (Lipinski definition) is 1. The van der Waals surface area contributed by atoms with Crippen LogP contribution in [0.2, 0.25) is 0 Å². The molecule has 6 heteroatoms. The maximum atomic E-state index is 12.3. The van der Waals surface area contributed by atoms with Crippen LogP contribution in [0.25, 0.3) is 0 Å². The molecule has 0 radical (unpaired) electrons. The number of nitriles is 1. The van der Waals surface area contributed by atoms with E-state index in [2.05, 4.69) is 11.4 Å². The third-order valence-corrected chi connectivity index (χ3v) is 5.36. The second-order valence-corrected chi connectivity index (χ2v) is 7.71. The lowest BCUT2D eigenvalue weighted by Gasteiger charge is -2.11. The minimum atomic E-state index is -0.0279. The summed E-state index contributed by atoms with van der Waals surface area (Å²) in [6.07, 6.45) is 0.416. The molecule has 0 unspecified atom stereocenters. The molecule has 152 valence electrons. The number of aryl methyl sites for hydroxylation is 1. The van der Waals surface area contributed by atoms with Crippen LogP contribution in [0, 0.1) is 18.3 Å². The molecule has 5 nitrogen and oxygen atoms in total. The molecule has 3 aromatic rings. The number of thioether (sulfide) groups is 1. The number of benzene rings is 3. The van der Waals surface area contributed by atoms with E-state index in [-0.39, 0.29) is 5.91 Å². The monoisotopic (exact) mass is 418 g/mol. The van der Waals surface area contributed by atoms with E-state index >= 15 is 0 Å². The van der Waals surface area contributed by atoms with Crippen LogP contribution in [0.4, 0.5) is 5.69 Å². The third kappa shape index (κ3) is 6.03. The average Bonchev–Trinajstić information content (AvgIpc) is 2.77. The van der Waals surface area contributed by atoms with Crippen LogP contribution in [0.3, 0.4) is 0 Å². The van der Waals surface area contributed by atoms with Crippen molar-refractivity contribution in [1.82, 2.24) is 0 Å². The van der Waals surface area contributed by atoms with Gasteiger partial charge in [0.15, 0.2) is 0 Å². The largest absolute Gasteiger partial charge is 0.497 e. The number of nitrogens with zero attached hydrogens (tertiary/aromatic N) is 1. The molecule has 0 saturated heterocycles. The molecule has 1 amide bonds. The molecule has 0 aliphatic carbocycles. The van der Waals surface area contributed by atoms with Gasteiger partial charge < -0.3 is 14.8 Å². The SMILES string of the molecule is COc1ccc(SCCC(=O)Nc2ccc(Oc3ccc(C#N)cc3)cc2C)cc1. The predicted molar refractivity (Wildman–Crippen MR) is 119 cm³/mol. The minimum absolute atomic E-state index is 0.0279. The van der Waals surface area contributed by atoms with Gasteiger partial charge in [0.2, 0.25) is 5.91 Å².